The van der Waals surface area contributed by atoms with Crippen molar-refractivity contribution < 1.29 is 23.8 Å². The molecule has 0 radical (unpaired) electrons. The number of fused-ring (bicyclic) bond motifs is 1. The number of carbonyl (C=O) groups excluding carboxylic acids is 2. The second-order valence-electron chi connectivity index (χ2n) is 9.01. The molecule has 2 aromatic carbocycles. The van der Waals surface area contributed by atoms with E-state index in [2.05, 4.69) is 5.32 Å². The molecule has 1 N–H and O–H groups in total. The van der Waals surface area contributed by atoms with Gasteiger partial charge in [0.2, 0.25) is 18.6 Å². The molecule has 0 spiro atoms. The molecule has 0 unspecified atom stereocenters. The van der Waals surface area contributed by atoms with Gasteiger partial charge in [0, 0.05) is 24.2 Å². The predicted octanol–water partition coefficient (Wildman–Crippen LogP) is 4.36. The Morgan fingerprint density at radius 1 is 1.00 bits per heavy atom. The maximum Gasteiger partial charge on any atom is 0.231 e. The largest absolute Gasteiger partial charge is 0.497 e. The van der Waals surface area contributed by atoms with E-state index in [1.54, 1.807) is 12.0 Å². The van der Waals surface area contributed by atoms with Gasteiger partial charge in [0.15, 0.2) is 11.5 Å². The van der Waals surface area contributed by atoms with E-state index in [1.807, 2.05) is 42.5 Å². The first-order valence-electron chi connectivity index (χ1n) is 11.8. The zero-order chi connectivity index (χ0) is 22.8. The Morgan fingerprint density at radius 3 is 2.52 bits per heavy atom. The van der Waals surface area contributed by atoms with Gasteiger partial charge in [-0.2, -0.15) is 0 Å². The monoisotopic (exact) mass is 450 g/mol. The van der Waals surface area contributed by atoms with E-state index in [4.69, 9.17) is 14.2 Å². The van der Waals surface area contributed by atoms with Crippen molar-refractivity contribution in [3.63, 3.8) is 0 Å². The van der Waals surface area contributed by atoms with Crippen molar-refractivity contribution in [2.45, 2.75) is 57.0 Å². The van der Waals surface area contributed by atoms with Crippen molar-refractivity contribution in [2.24, 2.45) is 5.92 Å². The fourth-order valence-corrected chi connectivity index (χ4v) is 5.24. The highest BCUT2D eigenvalue weighted by molar-refractivity contribution is 5.97. The Morgan fingerprint density at radius 2 is 1.76 bits per heavy atom. The number of methoxy groups -OCH3 is 1. The van der Waals surface area contributed by atoms with Gasteiger partial charge in [0.1, 0.15) is 5.75 Å². The van der Waals surface area contributed by atoms with Crippen molar-refractivity contribution in [3.05, 3.63) is 48.0 Å². The smallest absolute Gasteiger partial charge is 0.231 e. The third-order valence-corrected chi connectivity index (χ3v) is 6.98. The lowest BCUT2D eigenvalue weighted by molar-refractivity contribution is -0.130. The minimum Gasteiger partial charge on any atom is -0.497 e. The molecule has 0 aromatic heterocycles. The van der Waals surface area contributed by atoms with Crippen LogP contribution >= 0.6 is 0 Å². The molecule has 174 valence electrons. The minimum atomic E-state index is -0.416. The highest BCUT2D eigenvalue weighted by atomic mass is 16.7. The summed E-state index contributed by atoms with van der Waals surface area (Å²) in [5.74, 6) is 1.69. The van der Waals surface area contributed by atoms with Gasteiger partial charge in [-0.1, -0.05) is 31.4 Å². The van der Waals surface area contributed by atoms with Crippen LogP contribution in [0, 0.1) is 5.92 Å². The second-order valence-corrected chi connectivity index (χ2v) is 9.01. The Labute approximate surface area is 194 Å². The SMILES string of the molecule is COc1ccc([C@H]2[C@@H](C(=O)NC3CCCCC3)CCC(=O)N2c2ccc3c(c2)OCO3)cc1. The van der Waals surface area contributed by atoms with Crippen LogP contribution in [0.5, 0.6) is 17.2 Å². The molecule has 7 nitrogen and oxygen atoms in total. The molecule has 2 aliphatic heterocycles. The maximum atomic E-state index is 13.5. The van der Waals surface area contributed by atoms with Crippen LogP contribution in [0.4, 0.5) is 5.69 Å². The molecule has 1 saturated carbocycles. The van der Waals surface area contributed by atoms with Gasteiger partial charge in [0.05, 0.1) is 19.1 Å². The molecule has 2 heterocycles. The number of hydrogen-bond acceptors (Lipinski definition) is 5. The molecule has 3 aliphatic rings. The third-order valence-electron chi connectivity index (χ3n) is 6.98. The van der Waals surface area contributed by atoms with Gasteiger partial charge in [-0.3, -0.25) is 9.59 Å². The molecule has 2 amide bonds. The van der Waals surface area contributed by atoms with Crippen LogP contribution < -0.4 is 24.4 Å². The maximum absolute atomic E-state index is 13.5. The molecule has 33 heavy (non-hydrogen) atoms. The molecule has 5 rings (SSSR count). The zero-order valence-electron chi connectivity index (χ0n) is 18.9. The standard InChI is InChI=1S/C26H30N2O5/c1-31-20-10-7-17(8-11-20)25-21(26(30)27-18-5-3-2-4-6-18)12-14-24(29)28(25)19-9-13-22-23(15-19)33-16-32-22/h7-11,13,15,18,21,25H,2-6,12,14,16H2,1H3,(H,27,30)/t21-,25-/m0/s1. The van der Waals surface area contributed by atoms with Gasteiger partial charge in [-0.05, 0) is 49.1 Å². The summed E-state index contributed by atoms with van der Waals surface area (Å²) in [6.07, 6.45) is 6.43. The molecule has 2 aromatic rings. The summed E-state index contributed by atoms with van der Waals surface area (Å²) in [6.45, 7) is 0.168. The molecule has 1 aliphatic carbocycles. The third kappa shape index (κ3) is 4.36. The van der Waals surface area contributed by atoms with Crippen molar-refractivity contribution in [3.8, 4) is 17.2 Å². The number of benzene rings is 2. The molecular formula is C26H30N2O5. The highest BCUT2D eigenvalue weighted by Gasteiger charge is 2.42. The fraction of sp³-hybridized carbons (Fsp3) is 0.462. The number of nitrogens with zero attached hydrogens (tertiary/aromatic N) is 1. The molecule has 2 fully saturated rings. The molecule has 7 heteroatoms. The Balaban J connectivity index is 1.50. The van der Waals surface area contributed by atoms with Gasteiger partial charge in [0.25, 0.3) is 0 Å². The van der Waals surface area contributed by atoms with Crippen LogP contribution in [-0.2, 0) is 9.59 Å². The van der Waals surface area contributed by atoms with E-state index in [1.165, 1.54) is 6.42 Å². The number of amides is 2. The molecule has 1 saturated heterocycles. The lowest BCUT2D eigenvalue weighted by Crippen LogP contribution is -2.50. The van der Waals surface area contributed by atoms with Gasteiger partial charge in [-0.25, -0.2) is 0 Å². The van der Waals surface area contributed by atoms with Crippen LogP contribution in [0.15, 0.2) is 42.5 Å². The van der Waals surface area contributed by atoms with Gasteiger partial charge < -0.3 is 24.4 Å². The fourth-order valence-electron chi connectivity index (χ4n) is 5.24. The molecule has 2 atom stereocenters. The second kappa shape index (κ2) is 9.33. The highest BCUT2D eigenvalue weighted by Crippen LogP contribution is 2.43. The van der Waals surface area contributed by atoms with Crippen molar-refractivity contribution >= 4 is 17.5 Å². The average molecular weight is 451 g/mol. The topological polar surface area (TPSA) is 77.1 Å². The summed E-state index contributed by atoms with van der Waals surface area (Å²) in [4.78, 5) is 28.5. The van der Waals surface area contributed by atoms with Crippen LogP contribution in [0.1, 0.15) is 56.6 Å². The summed E-state index contributed by atoms with van der Waals surface area (Å²) in [7, 11) is 1.62. The summed E-state index contributed by atoms with van der Waals surface area (Å²) in [6, 6.07) is 13.0. The van der Waals surface area contributed by atoms with E-state index < -0.39 is 6.04 Å². The number of anilines is 1. The lowest BCUT2D eigenvalue weighted by atomic mass is 9.82. The minimum absolute atomic E-state index is 0.00333. The van der Waals surface area contributed by atoms with Crippen LogP contribution in [0.3, 0.4) is 0 Å². The summed E-state index contributed by atoms with van der Waals surface area (Å²) in [5.41, 5.74) is 1.62. The van der Waals surface area contributed by atoms with E-state index in [-0.39, 0.29) is 30.6 Å². The van der Waals surface area contributed by atoms with Crippen LogP contribution in [0.25, 0.3) is 0 Å². The Kier molecular flexibility index (Phi) is 6.11. The average Bonchev–Trinajstić information content (AvgIpc) is 3.32. The molecular weight excluding hydrogens is 420 g/mol. The Hall–Kier alpha value is -3.22. The first kappa shape index (κ1) is 21.6. The van der Waals surface area contributed by atoms with Crippen molar-refractivity contribution in [1.82, 2.24) is 5.32 Å². The summed E-state index contributed by atoms with van der Waals surface area (Å²) in [5, 5.41) is 3.29. The van der Waals surface area contributed by atoms with Gasteiger partial charge in [-0.15, -0.1) is 0 Å². The van der Waals surface area contributed by atoms with Gasteiger partial charge >= 0.3 is 0 Å². The quantitative estimate of drug-likeness (QED) is 0.733. The Bertz CT molecular complexity index is 1020. The number of ether oxygens (including phenoxy) is 3. The summed E-state index contributed by atoms with van der Waals surface area (Å²) < 4.78 is 16.3. The first-order chi connectivity index (χ1) is 16.1. The van der Waals surface area contributed by atoms with E-state index >= 15 is 0 Å². The summed E-state index contributed by atoms with van der Waals surface area (Å²) >= 11 is 0. The van der Waals surface area contributed by atoms with Crippen LogP contribution in [0.2, 0.25) is 0 Å². The normalized spacial score (nSPS) is 22.8. The number of hydrogen-bond donors (Lipinski definition) is 1. The first-order valence-corrected chi connectivity index (χ1v) is 11.8. The van der Waals surface area contributed by atoms with Crippen LogP contribution in [-0.4, -0.2) is 31.8 Å². The van der Waals surface area contributed by atoms with Crippen molar-refractivity contribution in [2.75, 3.05) is 18.8 Å². The van der Waals surface area contributed by atoms with E-state index in [9.17, 15) is 9.59 Å². The van der Waals surface area contributed by atoms with E-state index in [0.717, 1.165) is 37.0 Å². The number of nitrogens with one attached hydrogen (secondary N) is 1. The predicted molar refractivity (Wildman–Crippen MR) is 124 cm³/mol. The number of carbonyl (C=O) groups is 2. The van der Waals surface area contributed by atoms with Crippen molar-refractivity contribution in [1.29, 1.82) is 0 Å². The number of rotatable bonds is 5. The van der Waals surface area contributed by atoms with E-state index in [0.29, 0.717) is 30.0 Å². The zero-order valence-corrected chi connectivity index (χ0v) is 18.9. The lowest BCUT2D eigenvalue weighted by Gasteiger charge is -2.41. The molecule has 0 bridgehead atoms. The number of piperidine rings is 1.